The fourth-order valence-electron chi connectivity index (χ4n) is 1.78. The molecule has 0 spiro atoms. The second-order valence-corrected chi connectivity index (χ2v) is 6.53. The average molecular weight is 234 g/mol. The van der Waals surface area contributed by atoms with Crippen LogP contribution in [0.4, 0.5) is 0 Å². The summed E-state index contributed by atoms with van der Waals surface area (Å²) in [6, 6.07) is 0. The molecule has 0 unspecified atom stereocenters. The Kier molecular flexibility index (Phi) is 3.76. The van der Waals surface area contributed by atoms with E-state index in [4.69, 9.17) is 0 Å². The van der Waals surface area contributed by atoms with E-state index in [0.29, 0.717) is 6.42 Å². The molecule has 0 bridgehead atoms. The SMILES string of the molecule is CCCS(=O)(=O)CC1(CC(=O)OC)CC1. The highest BCUT2D eigenvalue weighted by Crippen LogP contribution is 2.50. The van der Waals surface area contributed by atoms with E-state index < -0.39 is 9.84 Å². The molecule has 4 nitrogen and oxygen atoms in total. The molecule has 1 fully saturated rings. The van der Waals surface area contributed by atoms with Gasteiger partial charge in [-0.1, -0.05) is 6.92 Å². The minimum Gasteiger partial charge on any atom is -0.469 e. The van der Waals surface area contributed by atoms with Gasteiger partial charge in [0.15, 0.2) is 9.84 Å². The Morgan fingerprint density at radius 2 is 2.00 bits per heavy atom. The summed E-state index contributed by atoms with van der Waals surface area (Å²) in [7, 11) is -1.66. The van der Waals surface area contributed by atoms with Gasteiger partial charge in [0.2, 0.25) is 0 Å². The zero-order chi connectivity index (χ0) is 11.5. The lowest BCUT2D eigenvalue weighted by Crippen LogP contribution is -2.22. The maximum Gasteiger partial charge on any atom is 0.306 e. The van der Waals surface area contributed by atoms with Crippen molar-refractivity contribution in [3.63, 3.8) is 0 Å². The zero-order valence-corrected chi connectivity index (χ0v) is 10.1. The van der Waals surface area contributed by atoms with Gasteiger partial charge in [0, 0.05) is 5.75 Å². The number of ether oxygens (including phenoxy) is 1. The third kappa shape index (κ3) is 3.81. The van der Waals surface area contributed by atoms with E-state index in [9.17, 15) is 13.2 Å². The van der Waals surface area contributed by atoms with Gasteiger partial charge < -0.3 is 4.74 Å². The number of esters is 1. The molecule has 0 aromatic rings. The van der Waals surface area contributed by atoms with Crippen LogP contribution in [-0.4, -0.2) is 33.0 Å². The summed E-state index contributed by atoms with van der Waals surface area (Å²) in [5, 5.41) is 0. The van der Waals surface area contributed by atoms with Crippen molar-refractivity contribution in [1.82, 2.24) is 0 Å². The van der Waals surface area contributed by atoms with E-state index in [0.717, 1.165) is 12.8 Å². The van der Waals surface area contributed by atoms with Crippen molar-refractivity contribution >= 4 is 15.8 Å². The van der Waals surface area contributed by atoms with Gasteiger partial charge in [0.05, 0.1) is 19.3 Å². The summed E-state index contributed by atoms with van der Waals surface area (Å²) >= 11 is 0. The van der Waals surface area contributed by atoms with E-state index in [-0.39, 0.29) is 29.3 Å². The standard InChI is InChI=1S/C10H18O4S/c1-3-6-15(12,13)8-10(4-5-10)7-9(11)14-2/h3-8H2,1-2H3. The number of rotatable bonds is 6. The molecule has 88 valence electrons. The lowest BCUT2D eigenvalue weighted by atomic mass is 10.1. The Morgan fingerprint density at radius 3 is 2.40 bits per heavy atom. The number of sulfone groups is 1. The second-order valence-electron chi connectivity index (χ2n) is 4.34. The number of carbonyl (C=O) groups excluding carboxylic acids is 1. The van der Waals surface area contributed by atoms with Crippen LogP contribution in [0.2, 0.25) is 0 Å². The molecular weight excluding hydrogens is 216 g/mol. The highest BCUT2D eigenvalue weighted by Gasteiger charge is 2.47. The Bertz CT molecular complexity index is 327. The van der Waals surface area contributed by atoms with E-state index in [2.05, 4.69) is 4.74 Å². The third-order valence-electron chi connectivity index (χ3n) is 2.75. The van der Waals surface area contributed by atoms with Gasteiger partial charge in [-0.05, 0) is 24.7 Å². The maximum absolute atomic E-state index is 11.6. The lowest BCUT2D eigenvalue weighted by Gasteiger charge is -2.13. The number of hydrogen-bond acceptors (Lipinski definition) is 4. The summed E-state index contributed by atoms with van der Waals surface area (Å²) in [5.74, 6) is 0.0537. The van der Waals surface area contributed by atoms with E-state index in [1.54, 1.807) is 0 Å². The summed E-state index contributed by atoms with van der Waals surface area (Å²) in [5.41, 5.74) is -0.304. The fraction of sp³-hybridized carbons (Fsp3) is 0.900. The lowest BCUT2D eigenvalue weighted by molar-refractivity contribution is -0.141. The van der Waals surface area contributed by atoms with Gasteiger partial charge in [-0.2, -0.15) is 0 Å². The van der Waals surface area contributed by atoms with Gasteiger partial charge >= 0.3 is 5.97 Å². The van der Waals surface area contributed by atoms with Gasteiger partial charge in [-0.25, -0.2) is 8.42 Å². The molecule has 1 saturated carbocycles. The van der Waals surface area contributed by atoms with E-state index in [1.807, 2.05) is 6.92 Å². The van der Waals surface area contributed by atoms with Crippen molar-refractivity contribution in [2.24, 2.45) is 5.41 Å². The minimum absolute atomic E-state index is 0.142. The number of methoxy groups -OCH3 is 1. The number of hydrogen-bond donors (Lipinski definition) is 0. The van der Waals surface area contributed by atoms with E-state index >= 15 is 0 Å². The molecule has 0 radical (unpaired) electrons. The van der Waals surface area contributed by atoms with Crippen LogP contribution in [0.25, 0.3) is 0 Å². The van der Waals surface area contributed by atoms with Gasteiger partial charge in [-0.15, -0.1) is 0 Å². The van der Waals surface area contributed by atoms with Crippen molar-refractivity contribution in [2.75, 3.05) is 18.6 Å². The first-order valence-corrected chi connectivity index (χ1v) is 7.02. The first kappa shape index (κ1) is 12.5. The predicted octanol–water partition coefficient (Wildman–Crippen LogP) is 1.15. The minimum atomic E-state index is -2.99. The Hall–Kier alpha value is -0.580. The molecule has 0 atom stereocenters. The van der Waals surface area contributed by atoms with Crippen LogP contribution in [-0.2, 0) is 19.4 Å². The van der Waals surface area contributed by atoms with Crippen molar-refractivity contribution in [2.45, 2.75) is 32.6 Å². The summed E-state index contributed by atoms with van der Waals surface area (Å²) < 4.78 is 27.8. The molecule has 0 amide bonds. The molecule has 15 heavy (non-hydrogen) atoms. The van der Waals surface area contributed by atoms with Crippen molar-refractivity contribution < 1.29 is 17.9 Å². The summed E-state index contributed by atoms with van der Waals surface area (Å²) in [6.45, 7) is 1.84. The highest BCUT2D eigenvalue weighted by molar-refractivity contribution is 7.91. The molecule has 0 heterocycles. The molecule has 0 N–H and O–H groups in total. The third-order valence-corrected chi connectivity index (χ3v) is 4.83. The monoisotopic (exact) mass is 234 g/mol. The van der Waals surface area contributed by atoms with Crippen LogP contribution >= 0.6 is 0 Å². The predicted molar refractivity (Wildman–Crippen MR) is 57.2 cm³/mol. The fourth-order valence-corrected chi connectivity index (χ4v) is 3.87. The normalized spacial score (nSPS) is 18.5. The zero-order valence-electron chi connectivity index (χ0n) is 9.28. The van der Waals surface area contributed by atoms with Crippen LogP contribution in [0.3, 0.4) is 0 Å². The Labute approximate surface area is 90.9 Å². The first-order valence-electron chi connectivity index (χ1n) is 5.20. The Morgan fingerprint density at radius 1 is 1.40 bits per heavy atom. The van der Waals surface area contributed by atoms with Crippen molar-refractivity contribution in [1.29, 1.82) is 0 Å². The first-order chi connectivity index (χ1) is 6.93. The molecule has 0 aromatic heterocycles. The van der Waals surface area contributed by atoms with Gasteiger partial charge in [0.1, 0.15) is 0 Å². The molecule has 5 heteroatoms. The second kappa shape index (κ2) is 4.51. The maximum atomic E-state index is 11.6. The van der Waals surface area contributed by atoms with Crippen LogP contribution < -0.4 is 0 Å². The van der Waals surface area contributed by atoms with Crippen LogP contribution in [0, 0.1) is 5.41 Å². The van der Waals surface area contributed by atoms with Crippen molar-refractivity contribution in [3.05, 3.63) is 0 Å². The molecule has 0 aliphatic heterocycles. The van der Waals surface area contributed by atoms with Gasteiger partial charge in [-0.3, -0.25) is 4.79 Å². The quantitative estimate of drug-likeness (QED) is 0.647. The van der Waals surface area contributed by atoms with E-state index in [1.165, 1.54) is 7.11 Å². The number of carbonyl (C=O) groups is 1. The molecule has 0 saturated heterocycles. The molecule has 1 rings (SSSR count). The highest BCUT2D eigenvalue weighted by atomic mass is 32.2. The topological polar surface area (TPSA) is 60.4 Å². The molecule has 1 aliphatic rings. The summed E-state index contributed by atoms with van der Waals surface area (Å²) in [4.78, 5) is 11.1. The van der Waals surface area contributed by atoms with Crippen LogP contribution in [0.1, 0.15) is 32.6 Å². The average Bonchev–Trinajstić information content (AvgIpc) is 2.83. The summed E-state index contributed by atoms with van der Waals surface area (Å²) in [6.07, 6.45) is 2.53. The van der Waals surface area contributed by atoms with Gasteiger partial charge in [0.25, 0.3) is 0 Å². The Balaban J connectivity index is 2.54. The largest absolute Gasteiger partial charge is 0.469 e. The molecule has 1 aliphatic carbocycles. The van der Waals surface area contributed by atoms with Crippen LogP contribution in [0.5, 0.6) is 0 Å². The molecular formula is C10H18O4S. The van der Waals surface area contributed by atoms with Crippen molar-refractivity contribution in [3.8, 4) is 0 Å². The van der Waals surface area contributed by atoms with Crippen LogP contribution in [0.15, 0.2) is 0 Å². The smallest absolute Gasteiger partial charge is 0.306 e. The molecule has 0 aromatic carbocycles.